The van der Waals surface area contributed by atoms with Gasteiger partial charge in [0.2, 0.25) is 0 Å². The Bertz CT molecular complexity index is 911. The molecule has 0 aliphatic carbocycles. The summed E-state index contributed by atoms with van der Waals surface area (Å²) in [5.41, 5.74) is 2.59. The van der Waals surface area contributed by atoms with Crippen LogP contribution in [0.5, 0.6) is 0 Å². The van der Waals surface area contributed by atoms with Gasteiger partial charge in [-0.3, -0.25) is 4.79 Å². The largest absolute Gasteiger partial charge is 0.310 e. The highest BCUT2D eigenvalue weighted by atomic mass is 16.1. The van der Waals surface area contributed by atoms with Crippen molar-refractivity contribution >= 4 is 0 Å². The van der Waals surface area contributed by atoms with Crippen molar-refractivity contribution in [2.24, 2.45) is 0 Å². The zero-order chi connectivity index (χ0) is 17.8. The molecule has 6 heteroatoms. The Morgan fingerprint density at radius 1 is 1.12 bits per heavy atom. The predicted octanol–water partition coefficient (Wildman–Crippen LogP) is 2.37. The maximum absolute atomic E-state index is 12.4. The third kappa shape index (κ3) is 4.02. The van der Waals surface area contributed by atoms with Gasteiger partial charge in [-0.25, -0.2) is 14.6 Å². The van der Waals surface area contributed by atoms with E-state index in [1.807, 2.05) is 43.7 Å². The fourth-order valence-electron chi connectivity index (χ4n) is 2.89. The van der Waals surface area contributed by atoms with Gasteiger partial charge in [0.15, 0.2) is 0 Å². The molecule has 25 heavy (non-hydrogen) atoms. The topological polar surface area (TPSA) is 76.5 Å². The molecule has 1 aromatic carbocycles. The fraction of sp³-hybridized carbons (Fsp3) is 0.368. The lowest BCUT2D eigenvalue weighted by molar-refractivity contribution is 0.582. The maximum Gasteiger partial charge on any atom is 0.254 e. The van der Waals surface area contributed by atoms with Crippen molar-refractivity contribution in [2.45, 2.75) is 46.6 Å². The van der Waals surface area contributed by atoms with Gasteiger partial charge in [-0.15, -0.1) is 0 Å². The molecule has 0 saturated heterocycles. The third-order valence-corrected chi connectivity index (χ3v) is 4.25. The molecule has 0 bridgehead atoms. The summed E-state index contributed by atoms with van der Waals surface area (Å²) >= 11 is 0. The zero-order valence-corrected chi connectivity index (χ0v) is 14.9. The lowest BCUT2D eigenvalue weighted by Crippen LogP contribution is -2.20. The van der Waals surface area contributed by atoms with E-state index in [4.69, 9.17) is 0 Å². The summed E-state index contributed by atoms with van der Waals surface area (Å²) in [6.45, 7) is 6.46. The molecule has 3 aromatic rings. The summed E-state index contributed by atoms with van der Waals surface area (Å²) in [5.74, 6) is 2.23. The summed E-state index contributed by atoms with van der Waals surface area (Å²) in [7, 11) is 0. The van der Waals surface area contributed by atoms with Gasteiger partial charge >= 0.3 is 0 Å². The third-order valence-electron chi connectivity index (χ3n) is 4.25. The average Bonchev–Trinajstić information content (AvgIpc) is 2.96. The summed E-state index contributed by atoms with van der Waals surface area (Å²) < 4.78 is 1.90. The number of aromatic nitrogens is 5. The van der Waals surface area contributed by atoms with Crippen molar-refractivity contribution in [1.82, 2.24) is 24.7 Å². The number of rotatable bonds is 6. The van der Waals surface area contributed by atoms with E-state index >= 15 is 0 Å². The van der Waals surface area contributed by atoms with Gasteiger partial charge in [-0.1, -0.05) is 37.3 Å². The molecule has 0 saturated carbocycles. The highest BCUT2D eigenvalue weighted by molar-refractivity contribution is 5.21. The van der Waals surface area contributed by atoms with Crippen molar-refractivity contribution in [3.8, 4) is 0 Å². The van der Waals surface area contributed by atoms with Gasteiger partial charge in [0.25, 0.3) is 5.56 Å². The van der Waals surface area contributed by atoms with Gasteiger partial charge in [-0.05, 0) is 25.8 Å². The van der Waals surface area contributed by atoms with Crippen LogP contribution in [0.4, 0.5) is 0 Å². The number of nitrogens with one attached hydrogen (secondary N) is 1. The summed E-state index contributed by atoms with van der Waals surface area (Å²) in [6.07, 6.45) is 2.02. The second-order valence-corrected chi connectivity index (χ2v) is 6.14. The van der Waals surface area contributed by atoms with E-state index in [2.05, 4.69) is 32.2 Å². The van der Waals surface area contributed by atoms with Crippen LogP contribution >= 0.6 is 0 Å². The minimum absolute atomic E-state index is 0.0837. The van der Waals surface area contributed by atoms with Crippen LogP contribution in [-0.2, 0) is 25.8 Å². The van der Waals surface area contributed by atoms with Crippen LogP contribution in [0.3, 0.4) is 0 Å². The lowest BCUT2D eigenvalue weighted by Gasteiger charge is -2.08. The number of hydrogen-bond acceptors (Lipinski definition) is 4. The molecule has 0 radical (unpaired) electrons. The van der Waals surface area contributed by atoms with E-state index in [9.17, 15) is 4.79 Å². The summed E-state index contributed by atoms with van der Waals surface area (Å²) in [6, 6.07) is 10.3. The van der Waals surface area contributed by atoms with Crippen molar-refractivity contribution in [3.05, 3.63) is 75.0 Å². The molecule has 130 valence electrons. The number of nitrogens with zero attached hydrogens (tertiary/aromatic N) is 4. The van der Waals surface area contributed by atoms with Crippen LogP contribution in [-0.4, -0.2) is 24.7 Å². The van der Waals surface area contributed by atoms with Gasteiger partial charge in [0, 0.05) is 30.6 Å². The maximum atomic E-state index is 12.4. The van der Waals surface area contributed by atoms with Crippen molar-refractivity contribution in [1.29, 1.82) is 0 Å². The first-order valence-electron chi connectivity index (χ1n) is 8.59. The molecular weight excluding hydrogens is 314 g/mol. The van der Waals surface area contributed by atoms with Crippen LogP contribution in [0.2, 0.25) is 0 Å². The molecule has 0 spiro atoms. The van der Waals surface area contributed by atoms with Crippen LogP contribution in [0, 0.1) is 13.8 Å². The minimum atomic E-state index is -0.0837. The molecule has 6 nitrogen and oxygen atoms in total. The molecule has 0 amide bonds. The Kier molecular flexibility index (Phi) is 5.07. The van der Waals surface area contributed by atoms with E-state index in [0.29, 0.717) is 24.2 Å². The molecule has 0 unspecified atom stereocenters. The van der Waals surface area contributed by atoms with Crippen molar-refractivity contribution < 1.29 is 0 Å². The number of hydrogen-bond donors (Lipinski definition) is 1. The normalized spacial score (nSPS) is 11.0. The van der Waals surface area contributed by atoms with E-state index in [1.165, 1.54) is 5.56 Å². The highest BCUT2D eigenvalue weighted by Crippen LogP contribution is 2.10. The number of aryl methyl sites for hydroxylation is 5. The van der Waals surface area contributed by atoms with E-state index in [0.717, 1.165) is 30.3 Å². The van der Waals surface area contributed by atoms with Gasteiger partial charge in [-0.2, -0.15) is 5.10 Å². The first-order chi connectivity index (χ1) is 12.1. The van der Waals surface area contributed by atoms with Crippen molar-refractivity contribution in [2.75, 3.05) is 0 Å². The SMILES string of the molecule is CCc1nc(C)c(Cc2nc(C)nn2CCc2ccccc2)c(=O)[nH]1. The first kappa shape index (κ1) is 17.1. The minimum Gasteiger partial charge on any atom is -0.310 e. The van der Waals surface area contributed by atoms with Crippen LogP contribution in [0.25, 0.3) is 0 Å². The van der Waals surface area contributed by atoms with Crippen LogP contribution in [0.1, 0.15) is 41.2 Å². The molecule has 1 N–H and O–H groups in total. The van der Waals surface area contributed by atoms with E-state index in [-0.39, 0.29) is 5.56 Å². The Hall–Kier alpha value is -2.76. The summed E-state index contributed by atoms with van der Waals surface area (Å²) in [4.78, 5) is 24.2. The number of aromatic amines is 1. The van der Waals surface area contributed by atoms with Crippen LogP contribution < -0.4 is 5.56 Å². The molecular formula is C19H23N5O. The van der Waals surface area contributed by atoms with Gasteiger partial charge in [0.05, 0.1) is 0 Å². The second kappa shape index (κ2) is 7.42. The Morgan fingerprint density at radius 3 is 2.56 bits per heavy atom. The zero-order valence-electron chi connectivity index (χ0n) is 14.9. The quantitative estimate of drug-likeness (QED) is 0.749. The molecule has 0 atom stereocenters. The fourth-order valence-corrected chi connectivity index (χ4v) is 2.89. The van der Waals surface area contributed by atoms with Crippen LogP contribution in [0.15, 0.2) is 35.1 Å². The molecule has 2 aromatic heterocycles. The highest BCUT2D eigenvalue weighted by Gasteiger charge is 2.14. The first-order valence-corrected chi connectivity index (χ1v) is 8.59. The lowest BCUT2D eigenvalue weighted by atomic mass is 10.1. The van der Waals surface area contributed by atoms with Gasteiger partial charge in [0.1, 0.15) is 17.5 Å². The molecule has 0 aliphatic rings. The molecule has 0 aliphatic heterocycles. The molecule has 2 heterocycles. The van der Waals surface area contributed by atoms with Crippen molar-refractivity contribution in [3.63, 3.8) is 0 Å². The van der Waals surface area contributed by atoms with E-state index in [1.54, 1.807) is 0 Å². The second-order valence-electron chi connectivity index (χ2n) is 6.14. The van der Waals surface area contributed by atoms with Gasteiger partial charge < -0.3 is 4.98 Å². The number of H-pyrrole nitrogens is 1. The smallest absolute Gasteiger partial charge is 0.254 e. The predicted molar refractivity (Wildman–Crippen MR) is 96.7 cm³/mol. The standard InChI is InChI=1S/C19H23N5O/c1-4-17-20-13(2)16(19(25)22-17)12-18-21-14(3)23-24(18)11-10-15-8-6-5-7-9-15/h5-9H,4,10-12H2,1-3H3,(H,20,22,25). The average molecular weight is 337 g/mol. The number of benzene rings is 1. The molecule has 3 rings (SSSR count). The Balaban J connectivity index is 1.83. The monoisotopic (exact) mass is 337 g/mol. The van der Waals surface area contributed by atoms with E-state index < -0.39 is 0 Å². The molecule has 0 fully saturated rings. The summed E-state index contributed by atoms with van der Waals surface area (Å²) in [5, 5.41) is 4.49. The Morgan fingerprint density at radius 2 is 1.88 bits per heavy atom. The Labute approximate surface area is 147 Å².